The van der Waals surface area contributed by atoms with E-state index in [-0.39, 0.29) is 30.0 Å². The number of carbonyl (C=O) groups excluding carboxylic acids is 1. The van der Waals surface area contributed by atoms with Crippen LogP contribution in [0.2, 0.25) is 0 Å². The third-order valence-electron chi connectivity index (χ3n) is 2.55. The zero-order valence-corrected chi connectivity index (χ0v) is 12.3. The van der Waals surface area contributed by atoms with Gasteiger partial charge in [-0.05, 0) is 25.5 Å². The summed E-state index contributed by atoms with van der Waals surface area (Å²) in [5, 5.41) is 9.68. The lowest BCUT2D eigenvalue weighted by atomic mass is 10.1. The van der Waals surface area contributed by atoms with E-state index in [2.05, 4.69) is 10.6 Å². The van der Waals surface area contributed by atoms with Crippen molar-refractivity contribution < 1.29 is 22.0 Å². The SMILES string of the molecule is CCNc1c(F)cc(C(=O)NCCCS(N)(=O)=O)cc1F. The van der Waals surface area contributed by atoms with Gasteiger partial charge in [0.15, 0.2) is 0 Å². The summed E-state index contributed by atoms with van der Waals surface area (Å²) in [6, 6.07) is 1.83. The molecule has 4 N–H and O–H groups in total. The van der Waals surface area contributed by atoms with Crippen LogP contribution in [-0.4, -0.2) is 33.2 Å². The summed E-state index contributed by atoms with van der Waals surface area (Å²) < 4.78 is 48.6. The summed E-state index contributed by atoms with van der Waals surface area (Å²) in [5.74, 6) is -2.71. The Balaban J connectivity index is 2.67. The zero-order valence-electron chi connectivity index (χ0n) is 11.4. The number of sulfonamides is 1. The minimum absolute atomic E-state index is 0.0352. The maximum Gasteiger partial charge on any atom is 0.251 e. The largest absolute Gasteiger partial charge is 0.381 e. The predicted molar refractivity (Wildman–Crippen MR) is 75.4 cm³/mol. The minimum Gasteiger partial charge on any atom is -0.381 e. The molecular formula is C12H17F2N3O3S. The van der Waals surface area contributed by atoms with Gasteiger partial charge in [-0.15, -0.1) is 0 Å². The van der Waals surface area contributed by atoms with Crippen LogP contribution in [0, 0.1) is 11.6 Å². The highest BCUT2D eigenvalue weighted by atomic mass is 32.2. The summed E-state index contributed by atoms with van der Waals surface area (Å²) in [6.45, 7) is 2.06. The van der Waals surface area contributed by atoms with Gasteiger partial charge in [-0.2, -0.15) is 0 Å². The molecule has 0 aliphatic heterocycles. The van der Waals surface area contributed by atoms with Gasteiger partial charge in [0.1, 0.15) is 17.3 Å². The number of nitrogens with two attached hydrogens (primary N) is 1. The number of primary sulfonamides is 1. The molecule has 6 nitrogen and oxygen atoms in total. The second-order valence-corrected chi connectivity index (χ2v) is 6.06. The van der Waals surface area contributed by atoms with Crippen LogP contribution in [0.15, 0.2) is 12.1 Å². The van der Waals surface area contributed by atoms with E-state index >= 15 is 0 Å². The van der Waals surface area contributed by atoms with E-state index in [4.69, 9.17) is 5.14 Å². The van der Waals surface area contributed by atoms with Crippen molar-refractivity contribution in [2.24, 2.45) is 5.14 Å². The van der Waals surface area contributed by atoms with Crippen LogP contribution in [0.25, 0.3) is 0 Å². The van der Waals surface area contributed by atoms with Crippen molar-refractivity contribution in [2.45, 2.75) is 13.3 Å². The Morgan fingerprint density at radius 2 is 1.86 bits per heavy atom. The monoisotopic (exact) mass is 321 g/mol. The van der Waals surface area contributed by atoms with E-state index in [1.165, 1.54) is 0 Å². The predicted octanol–water partition coefficient (Wildman–Crippen LogP) is 0.805. The number of benzene rings is 1. The molecule has 0 atom stereocenters. The molecule has 1 aromatic rings. The van der Waals surface area contributed by atoms with Crippen molar-refractivity contribution in [3.63, 3.8) is 0 Å². The summed E-state index contributed by atoms with van der Waals surface area (Å²) in [7, 11) is -3.59. The van der Waals surface area contributed by atoms with Crippen LogP contribution in [-0.2, 0) is 10.0 Å². The maximum atomic E-state index is 13.6. The fourth-order valence-electron chi connectivity index (χ4n) is 1.63. The van der Waals surface area contributed by atoms with Gasteiger partial charge in [0.05, 0.1) is 5.75 Å². The molecule has 0 aliphatic carbocycles. The summed E-state index contributed by atoms with van der Waals surface area (Å²) in [4.78, 5) is 11.7. The van der Waals surface area contributed by atoms with Crippen LogP contribution >= 0.6 is 0 Å². The molecule has 0 aliphatic rings. The fraction of sp³-hybridized carbons (Fsp3) is 0.417. The maximum absolute atomic E-state index is 13.6. The molecule has 0 aromatic heterocycles. The summed E-state index contributed by atoms with van der Waals surface area (Å²) >= 11 is 0. The lowest BCUT2D eigenvalue weighted by molar-refractivity contribution is 0.0953. The van der Waals surface area contributed by atoms with Crippen LogP contribution in [0.1, 0.15) is 23.7 Å². The van der Waals surface area contributed by atoms with Crippen LogP contribution in [0.4, 0.5) is 14.5 Å². The first-order valence-electron chi connectivity index (χ1n) is 6.26. The molecule has 0 radical (unpaired) electrons. The second kappa shape index (κ2) is 7.32. The van der Waals surface area contributed by atoms with Gasteiger partial charge < -0.3 is 10.6 Å². The van der Waals surface area contributed by atoms with Crippen LogP contribution < -0.4 is 15.8 Å². The number of hydrogen-bond acceptors (Lipinski definition) is 4. The highest BCUT2D eigenvalue weighted by Crippen LogP contribution is 2.20. The van der Waals surface area contributed by atoms with E-state index in [1.807, 2.05) is 0 Å². The molecule has 1 aromatic carbocycles. The molecule has 1 amide bonds. The molecule has 118 valence electrons. The topological polar surface area (TPSA) is 101 Å². The molecule has 0 unspecified atom stereocenters. The van der Waals surface area contributed by atoms with Gasteiger partial charge in [0.25, 0.3) is 5.91 Å². The quantitative estimate of drug-likeness (QED) is 0.647. The Hall–Kier alpha value is -1.74. The standard InChI is InChI=1S/C12H17F2N3O3S/c1-2-16-11-9(13)6-8(7-10(11)14)12(18)17-4-3-5-21(15,19)20/h6-7,16H,2-5H2,1H3,(H,17,18)(H2,15,19,20). The van der Waals surface area contributed by atoms with E-state index < -0.39 is 27.6 Å². The first-order chi connectivity index (χ1) is 9.74. The van der Waals surface area contributed by atoms with Crippen molar-refractivity contribution in [3.05, 3.63) is 29.3 Å². The lowest BCUT2D eigenvalue weighted by Gasteiger charge is -2.09. The Labute approximate surface area is 121 Å². The lowest BCUT2D eigenvalue weighted by Crippen LogP contribution is -2.27. The molecule has 1 rings (SSSR count). The third-order valence-corrected chi connectivity index (χ3v) is 3.41. The van der Waals surface area contributed by atoms with Crippen molar-refractivity contribution in [2.75, 3.05) is 24.2 Å². The average Bonchev–Trinajstić information content (AvgIpc) is 2.37. The number of hydrogen-bond donors (Lipinski definition) is 3. The van der Waals surface area contributed by atoms with Gasteiger partial charge in [-0.3, -0.25) is 4.79 Å². The van der Waals surface area contributed by atoms with E-state index in [1.54, 1.807) is 6.92 Å². The van der Waals surface area contributed by atoms with Crippen LogP contribution in [0.3, 0.4) is 0 Å². The van der Waals surface area contributed by atoms with E-state index in [9.17, 15) is 22.0 Å². The highest BCUT2D eigenvalue weighted by molar-refractivity contribution is 7.89. The molecule has 0 heterocycles. The number of rotatable bonds is 7. The normalized spacial score (nSPS) is 11.2. The van der Waals surface area contributed by atoms with Crippen molar-refractivity contribution in [3.8, 4) is 0 Å². The van der Waals surface area contributed by atoms with Crippen molar-refractivity contribution >= 4 is 21.6 Å². The van der Waals surface area contributed by atoms with Crippen molar-refractivity contribution in [1.29, 1.82) is 0 Å². The molecule has 0 spiro atoms. The summed E-state index contributed by atoms with van der Waals surface area (Å²) in [5.41, 5.74) is -0.467. The molecule has 0 fully saturated rings. The smallest absolute Gasteiger partial charge is 0.251 e. The Morgan fingerprint density at radius 3 is 2.33 bits per heavy atom. The van der Waals surface area contributed by atoms with Gasteiger partial charge >= 0.3 is 0 Å². The first-order valence-corrected chi connectivity index (χ1v) is 7.97. The molecular weight excluding hydrogens is 304 g/mol. The summed E-state index contributed by atoms with van der Waals surface area (Å²) in [6.07, 6.45) is 0.116. The molecule has 0 saturated carbocycles. The Bertz CT molecular complexity index is 597. The Kier molecular flexibility index (Phi) is 6.03. The zero-order chi connectivity index (χ0) is 16.0. The molecule has 0 saturated heterocycles. The molecule has 0 bridgehead atoms. The number of halogens is 2. The van der Waals surface area contributed by atoms with Crippen molar-refractivity contribution in [1.82, 2.24) is 5.32 Å². The van der Waals surface area contributed by atoms with E-state index in [0.717, 1.165) is 12.1 Å². The second-order valence-electron chi connectivity index (χ2n) is 4.32. The van der Waals surface area contributed by atoms with Gasteiger partial charge in [-0.25, -0.2) is 22.3 Å². The van der Waals surface area contributed by atoms with Gasteiger partial charge in [0, 0.05) is 18.7 Å². The number of amides is 1. The minimum atomic E-state index is -3.59. The first kappa shape index (κ1) is 17.3. The number of nitrogens with one attached hydrogen (secondary N) is 2. The fourth-order valence-corrected chi connectivity index (χ4v) is 2.17. The third kappa shape index (κ3) is 5.64. The molecule has 9 heteroatoms. The number of anilines is 1. The number of carbonyl (C=O) groups is 1. The van der Waals surface area contributed by atoms with Crippen LogP contribution in [0.5, 0.6) is 0 Å². The van der Waals surface area contributed by atoms with Gasteiger partial charge in [-0.1, -0.05) is 0 Å². The van der Waals surface area contributed by atoms with E-state index in [0.29, 0.717) is 6.54 Å². The van der Waals surface area contributed by atoms with Gasteiger partial charge in [0.2, 0.25) is 10.0 Å². The molecule has 21 heavy (non-hydrogen) atoms. The average molecular weight is 321 g/mol. The Morgan fingerprint density at radius 1 is 1.29 bits per heavy atom. The highest BCUT2D eigenvalue weighted by Gasteiger charge is 2.14.